The number of rotatable bonds is 2. The third-order valence-corrected chi connectivity index (χ3v) is 1.53. The lowest BCUT2D eigenvalue weighted by molar-refractivity contribution is -0.114. The van der Waals surface area contributed by atoms with Gasteiger partial charge in [-0.3, -0.25) is 4.79 Å². The molecule has 0 bridgehead atoms. The molecule has 0 aromatic carbocycles. The first-order valence-electron chi connectivity index (χ1n) is 3.38. The van der Waals surface area contributed by atoms with Crippen molar-refractivity contribution in [3.63, 3.8) is 0 Å². The predicted molar refractivity (Wildman–Crippen MR) is 36.0 cm³/mol. The van der Waals surface area contributed by atoms with Crippen LogP contribution in [0.3, 0.4) is 0 Å². The van der Waals surface area contributed by atoms with Gasteiger partial charge in [-0.1, -0.05) is 0 Å². The van der Waals surface area contributed by atoms with E-state index < -0.39 is 0 Å². The van der Waals surface area contributed by atoms with Crippen LogP contribution >= 0.6 is 0 Å². The van der Waals surface area contributed by atoms with Gasteiger partial charge in [-0.2, -0.15) is 0 Å². The fourth-order valence-corrected chi connectivity index (χ4v) is 1.14. The molecule has 1 saturated heterocycles. The van der Waals surface area contributed by atoms with E-state index in [9.17, 15) is 4.79 Å². The summed E-state index contributed by atoms with van der Waals surface area (Å²) < 4.78 is 0. The van der Waals surface area contributed by atoms with Crippen molar-refractivity contribution >= 4 is 5.78 Å². The molecule has 1 fully saturated rings. The number of carbonyl (C=O) groups excluding carboxylic acids is 1. The molecule has 1 aliphatic rings. The zero-order valence-corrected chi connectivity index (χ0v) is 5.68. The van der Waals surface area contributed by atoms with Gasteiger partial charge in [0, 0.05) is 12.5 Å². The zero-order valence-electron chi connectivity index (χ0n) is 5.68. The van der Waals surface area contributed by atoms with Crippen LogP contribution in [0.4, 0.5) is 0 Å². The zero-order chi connectivity index (χ0) is 6.69. The predicted octanol–water partition coefficient (Wildman–Crippen LogP) is 0.532. The average molecular weight is 126 g/mol. The molecule has 2 heteroatoms. The van der Waals surface area contributed by atoms with Crippen LogP contribution in [0.1, 0.15) is 19.8 Å². The van der Waals surface area contributed by atoms with Gasteiger partial charge in [0.05, 0.1) is 0 Å². The van der Waals surface area contributed by atoms with Crippen molar-refractivity contribution in [2.75, 3.05) is 6.54 Å². The third kappa shape index (κ3) is 2.14. The van der Waals surface area contributed by atoms with Crippen molar-refractivity contribution in [3.05, 3.63) is 6.42 Å². The lowest BCUT2D eigenvalue weighted by Gasteiger charge is -2.04. The van der Waals surface area contributed by atoms with Crippen LogP contribution in [-0.2, 0) is 4.79 Å². The minimum absolute atomic E-state index is 0.175. The number of hydrogen-bond donors (Lipinski definition) is 1. The molecule has 1 atom stereocenters. The van der Waals surface area contributed by atoms with Gasteiger partial charge >= 0.3 is 0 Å². The molecule has 0 saturated carbocycles. The summed E-state index contributed by atoms with van der Waals surface area (Å²) in [6.07, 6.45) is 4.08. The van der Waals surface area contributed by atoms with Crippen LogP contribution in [0.2, 0.25) is 0 Å². The van der Waals surface area contributed by atoms with E-state index in [2.05, 4.69) is 5.32 Å². The second-order valence-electron chi connectivity index (χ2n) is 2.48. The number of Topliss-reactive ketones (excluding diaryl/α,β-unsaturated/α-hetero) is 1. The van der Waals surface area contributed by atoms with Crippen molar-refractivity contribution in [2.45, 2.75) is 25.8 Å². The molecule has 1 rings (SSSR count). The van der Waals surface area contributed by atoms with Gasteiger partial charge in [0.1, 0.15) is 5.78 Å². The second-order valence-corrected chi connectivity index (χ2v) is 2.48. The highest BCUT2D eigenvalue weighted by atomic mass is 16.1. The molecule has 0 aliphatic carbocycles. The Bertz CT molecular complexity index is 105. The smallest absolute Gasteiger partial charge is 0.135 e. The summed E-state index contributed by atoms with van der Waals surface area (Å²) in [5.74, 6) is 0.175. The van der Waals surface area contributed by atoms with E-state index in [0.717, 1.165) is 13.0 Å². The normalized spacial score (nSPS) is 26.6. The summed E-state index contributed by atoms with van der Waals surface area (Å²) in [5, 5.41) is 3.21. The molecule has 0 aromatic rings. The molecule has 0 aromatic heterocycles. The Kier molecular flexibility index (Phi) is 2.22. The van der Waals surface area contributed by atoms with E-state index in [1.165, 1.54) is 6.42 Å². The van der Waals surface area contributed by atoms with Gasteiger partial charge < -0.3 is 5.32 Å². The minimum atomic E-state index is 0.175. The summed E-state index contributed by atoms with van der Waals surface area (Å²) in [7, 11) is 0. The van der Waals surface area contributed by atoms with Crippen molar-refractivity contribution in [1.29, 1.82) is 0 Å². The van der Waals surface area contributed by atoms with Gasteiger partial charge in [0.15, 0.2) is 0 Å². The van der Waals surface area contributed by atoms with Crippen molar-refractivity contribution < 1.29 is 4.79 Å². The Balaban J connectivity index is 2.19. The van der Waals surface area contributed by atoms with Crippen molar-refractivity contribution in [2.24, 2.45) is 0 Å². The molecule has 51 valence electrons. The summed E-state index contributed by atoms with van der Waals surface area (Å²) in [5.41, 5.74) is 0. The van der Waals surface area contributed by atoms with Crippen molar-refractivity contribution in [1.82, 2.24) is 5.32 Å². The van der Waals surface area contributed by atoms with E-state index in [-0.39, 0.29) is 5.78 Å². The standard InChI is InChI=1S/C7H12NO/c1-6(9)5-7-3-2-4-8-7/h5,7-8H,2-4H2,1H3. The van der Waals surface area contributed by atoms with E-state index in [4.69, 9.17) is 0 Å². The van der Waals surface area contributed by atoms with E-state index in [1.54, 1.807) is 13.3 Å². The molecule has 1 heterocycles. The summed E-state index contributed by atoms with van der Waals surface area (Å²) in [4.78, 5) is 10.5. The monoisotopic (exact) mass is 126 g/mol. The maximum Gasteiger partial charge on any atom is 0.135 e. The quantitative estimate of drug-likeness (QED) is 0.584. The first-order chi connectivity index (χ1) is 4.29. The largest absolute Gasteiger partial charge is 0.313 e. The van der Waals surface area contributed by atoms with Gasteiger partial charge in [-0.15, -0.1) is 0 Å². The molecule has 1 unspecified atom stereocenters. The van der Waals surface area contributed by atoms with Crippen LogP contribution in [0, 0.1) is 6.42 Å². The fourth-order valence-electron chi connectivity index (χ4n) is 1.14. The van der Waals surface area contributed by atoms with Gasteiger partial charge in [0.25, 0.3) is 0 Å². The summed E-state index contributed by atoms with van der Waals surface area (Å²) in [6, 6.07) is 0.363. The van der Waals surface area contributed by atoms with E-state index in [0.29, 0.717) is 6.04 Å². The first kappa shape index (κ1) is 6.75. The van der Waals surface area contributed by atoms with Crippen LogP contribution in [0.25, 0.3) is 0 Å². The van der Waals surface area contributed by atoms with Crippen LogP contribution in [-0.4, -0.2) is 18.4 Å². The first-order valence-corrected chi connectivity index (χ1v) is 3.38. The van der Waals surface area contributed by atoms with Crippen LogP contribution in [0.5, 0.6) is 0 Å². The maximum absolute atomic E-state index is 10.5. The molecule has 0 spiro atoms. The molecule has 9 heavy (non-hydrogen) atoms. The Morgan fingerprint density at radius 3 is 3.00 bits per heavy atom. The molecule has 2 nitrogen and oxygen atoms in total. The van der Waals surface area contributed by atoms with Crippen LogP contribution in [0.15, 0.2) is 0 Å². The number of ketones is 1. The lowest BCUT2D eigenvalue weighted by atomic mass is 10.1. The molecule has 1 N–H and O–H groups in total. The Labute approximate surface area is 55.6 Å². The highest BCUT2D eigenvalue weighted by Crippen LogP contribution is 2.07. The minimum Gasteiger partial charge on any atom is -0.313 e. The Morgan fingerprint density at radius 1 is 1.78 bits per heavy atom. The highest BCUT2D eigenvalue weighted by Gasteiger charge is 2.15. The summed E-state index contributed by atoms with van der Waals surface area (Å²) >= 11 is 0. The summed E-state index contributed by atoms with van der Waals surface area (Å²) in [6.45, 7) is 2.66. The molecular weight excluding hydrogens is 114 g/mol. The van der Waals surface area contributed by atoms with Crippen LogP contribution < -0.4 is 5.32 Å². The number of carbonyl (C=O) groups is 1. The molecule has 0 amide bonds. The second kappa shape index (κ2) is 2.97. The highest BCUT2D eigenvalue weighted by molar-refractivity contribution is 5.85. The number of hydrogen-bond acceptors (Lipinski definition) is 2. The van der Waals surface area contributed by atoms with E-state index >= 15 is 0 Å². The van der Waals surface area contributed by atoms with E-state index in [1.807, 2.05) is 0 Å². The third-order valence-electron chi connectivity index (χ3n) is 1.53. The molecule has 1 aliphatic heterocycles. The van der Waals surface area contributed by atoms with Crippen molar-refractivity contribution in [3.8, 4) is 0 Å². The van der Waals surface area contributed by atoms with Gasteiger partial charge in [-0.05, 0) is 26.3 Å². The number of nitrogens with one attached hydrogen (secondary N) is 1. The van der Waals surface area contributed by atoms with Gasteiger partial charge in [-0.25, -0.2) is 0 Å². The maximum atomic E-state index is 10.5. The topological polar surface area (TPSA) is 29.1 Å². The SMILES string of the molecule is CC(=O)[CH]C1CCCN1. The average Bonchev–Trinajstić information content (AvgIpc) is 2.15. The van der Waals surface area contributed by atoms with Gasteiger partial charge in [0.2, 0.25) is 0 Å². The Hall–Kier alpha value is -0.370. The Morgan fingerprint density at radius 2 is 2.56 bits per heavy atom. The molecular formula is C7H12NO. The lowest BCUT2D eigenvalue weighted by Crippen LogP contribution is -2.24. The molecule has 1 radical (unpaired) electrons. The fraction of sp³-hybridized carbons (Fsp3) is 0.714.